The van der Waals surface area contributed by atoms with E-state index < -0.39 is 22.6 Å². The second-order valence-electron chi connectivity index (χ2n) is 7.52. The van der Waals surface area contributed by atoms with Crippen LogP contribution < -0.4 is 4.72 Å². The van der Waals surface area contributed by atoms with Gasteiger partial charge in [-0.2, -0.15) is 0 Å². The summed E-state index contributed by atoms with van der Waals surface area (Å²) in [5.41, 5.74) is -0.166. The van der Waals surface area contributed by atoms with Crippen LogP contribution in [0.5, 0.6) is 0 Å². The van der Waals surface area contributed by atoms with Crippen LogP contribution in [0.15, 0.2) is 17.0 Å². The molecule has 162 valence electrons. The van der Waals surface area contributed by atoms with Crippen LogP contribution >= 0.6 is 23.2 Å². The molecule has 0 spiro atoms. The normalized spacial score (nSPS) is 17.4. The van der Waals surface area contributed by atoms with Crippen LogP contribution in [-0.2, 0) is 19.6 Å². The Bertz CT molecular complexity index is 874. The molecule has 1 amide bonds. The van der Waals surface area contributed by atoms with Crippen LogP contribution in [0.1, 0.15) is 50.4 Å². The molecular weight excluding hydrogens is 439 g/mol. The molecule has 0 saturated carbocycles. The van der Waals surface area contributed by atoms with Gasteiger partial charge < -0.3 is 9.64 Å². The number of amides is 1. The molecule has 1 heterocycles. The van der Waals surface area contributed by atoms with Crippen LogP contribution in [-0.4, -0.2) is 50.9 Å². The minimum atomic E-state index is -3.94. The van der Waals surface area contributed by atoms with Gasteiger partial charge in [0.1, 0.15) is 4.90 Å². The number of piperidine rings is 1. The van der Waals surface area contributed by atoms with Crippen molar-refractivity contribution in [3.05, 3.63) is 27.7 Å². The van der Waals surface area contributed by atoms with Gasteiger partial charge in [-0.05, 0) is 44.2 Å². The van der Waals surface area contributed by atoms with E-state index in [1.165, 1.54) is 6.07 Å². The molecule has 1 aromatic carbocycles. The number of halogens is 2. The van der Waals surface area contributed by atoms with Gasteiger partial charge in [0, 0.05) is 19.1 Å². The molecule has 0 aliphatic carbocycles. The first-order valence-corrected chi connectivity index (χ1v) is 11.7. The van der Waals surface area contributed by atoms with Crippen molar-refractivity contribution in [2.75, 3.05) is 19.7 Å². The number of benzene rings is 1. The molecule has 7 nitrogen and oxygen atoms in total. The van der Waals surface area contributed by atoms with Crippen LogP contribution in [0.25, 0.3) is 0 Å². The Kier molecular flexibility index (Phi) is 8.34. The quantitative estimate of drug-likeness (QED) is 0.623. The van der Waals surface area contributed by atoms with Crippen molar-refractivity contribution in [1.82, 2.24) is 9.62 Å². The topological polar surface area (TPSA) is 92.8 Å². The van der Waals surface area contributed by atoms with E-state index in [-0.39, 0.29) is 44.9 Å². The van der Waals surface area contributed by atoms with E-state index in [2.05, 4.69) is 4.72 Å². The molecule has 1 atom stereocenters. The minimum absolute atomic E-state index is 0.0541. The van der Waals surface area contributed by atoms with Gasteiger partial charge >= 0.3 is 5.97 Å². The lowest BCUT2D eigenvalue weighted by molar-refractivity contribution is -0.137. The Morgan fingerprint density at radius 3 is 2.55 bits per heavy atom. The summed E-state index contributed by atoms with van der Waals surface area (Å²) in [5.74, 6) is -1.09. The third-order valence-corrected chi connectivity index (χ3v) is 6.86. The molecule has 2 rings (SSSR count). The summed E-state index contributed by atoms with van der Waals surface area (Å²) in [7, 11) is -3.94. The first-order valence-electron chi connectivity index (χ1n) is 9.48. The molecule has 1 N–H and O–H groups in total. The summed E-state index contributed by atoms with van der Waals surface area (Å²) in [5, 5.41) is -0.164. The van der Waals surface area contributed by atoms with Gasteiger partial charge in [0.15, 0.2) is 6.61 Å². The zero-order valence-electron chi connectivity index (χ0n) is 16.7. The molecule has 1 aliphatic heterocycles. The van der Waals surface area contributed by atoms with E-state index >= 15 is 0 Å². The average Bonchev–Trinajstić information content (AvgIpc) is 2.64. The molecule has 1 fully saturated rings. The standard InChI is InChI=1S/C19H26Cl2N2O5S/c1-12(2)10-22-29(26,27)17-8-14(15(20)9-16(17)21)19(25)28-11-18(24)23-7-5-4-6-13(23)3/h8-9,12-13,22H,4-7,10-11H2,1-3H3/t13-/m1/s1. The number of esters is 1. The van der Waals surface area contributed by atoms with E-state index in [1.807, 2.05) is 20.8 Å². The molecule has 0 unspecified atom stereocenters. The lowest BCUT2D eigenvalue weighted by Gasteiger charge is -2.33. The minimum Gasteiger partial charge on any atom is -0.452 e. The molecule has 29 heavy (non-hydrogen) atoms. The van der Waals surface area contributed by atoms with E-state index in [0.717, 1.165) is 25.3 Å². The smallest absolute Gasteiger partial charge is 0.340 e. The predicted molar refractivity (Wildman–Crippen MR) is 112 cm³/mol. The van der Waals surface area contributed by atoms with Crippen LogP contribution in [0.4, 0.5) is 0 Å². The van der Waals surface area contributed by atoms with E-state index in [4.69, 9.17) is 27.9 Å². The number of nitrogens with one attached hydrogen (secondary N) is 1. The molecule has 10 heteroatoms. The SMILES string of the molecule is CC(C)CNS(=O)(=O)c1cc(C(=O)OCC(=O)N2CCCC[C@H]2C)c(Cl)cc1Cl. The first kappa shape index (κ1) is 23.9. The Morgan fingerprint density at radius 1 is 1.24 bits per heavy atom. The summed E-state index contributed by atoms with van der Waals surface area (Å²) in [4.78, 5) is 26.2. The Hall–Kier alpha value is -1.35. The van der Waals surface area contributed by atoms with Gasteiger partial charge in [-0.1, -0.05) is 37.0 Å². The van der Waals surface area contributed by atoms with E-state index in [9.17, 15) is 18.0 Å². The molecule has 0 aromatic heterocycles. The molecular formula is C19H26Cl2N2O5S. The lowest BCUT2D eigenvalue weighted by atomic mass is 10.0. The molecule has 0 bridgehead atoms. The maximum atomic E-state index is 12.5. The van der Waals surface area contributed by atoms with Gasteiger partial charge in [-0.15, -0.1) is 0 Å². The maximum absolute atomic E-state index is 12.5. The summed E-state index contributed by atoms with van der Waals surface area (Å²) >= 11 is 12.1. The Balaban J connectivity index is 2.14. The monoisotopic (exact) mass is 464 g/mol. The molecule has 1 saturated heterocycles. The van der Waals surface area contributed by atoms with Crippen molar-refractivity contribution in [2.24, 2.45) is 5.92 Å². The number of rotatable bonds is 7. The van der Waals surface area contributed by atoms with Crippen LogP contribution in [0, 0.1) is 5.92 Å². The summed E-state index contributed by atoms with van der Waals surface area (Å²) in [6.45, 7) is 6.07. The number of hydrogen-bond acceptors (Lipinski definition) is 5. The first-order chi connectivity index (χ1) is 13.5. The third-order valence-electron chi connectivity index (χ3n) is 4.66. The number of carbonyl (C=O) groups excluding carboxylic acids is 2. The number of sulfonamides is 1. The third kappa shape index (κ3) is 6.31. The van der Waals surface area contributed by atoms with Gasteiger partial charge in [-0.3, -0.25) is 4.79 Å². The van der Waals surface area contributed by atoms with Gasteiger partial charge in [0.2, 0.25) is 10.0 Å². The molecule has 1 aromatic rings. The Morgan fingerprint density at radius 2 is 1.93 bits per heavy atom. The second kappa shape index (κ2) is 10.1. The highest BCUT2D eigenvalue weighted by Gasteiger charge is 2.26. The predicted octanol–water partition coefficient (Wildman–Crippen LogP) is 3.49. The maximum Gasteiger partial charge on any atom is 0.340 e. The van der Waals surface area contributed by atoms with Crippen molar-refractivity contribution >= 4 is 45.1 Å². The fraction of sp³-hybridized carbons (Fsp3) is 0.579. The summed E-state index contributed by atoms with van der Waals surface area (Å²) < 4.78 is 32.5. The average molecular weight is 465 g/mol. The number of likely N-dealkylation sites (tertiary alicyclic amines) is 1. The van der Waals surface area contributed by atoms with Gasteiger partial charge in [0.25, 0.3) is 5.91 Å². The summed E-state index contributed by atoms with van der Waals surface area (Å²) in [6.07, 6.45) is 2.89. The molecule has 1 aliphatic rings. The van der Waals surface area contributed by atoms with Crippen molar-refractivity contribution in [3.8, 4) is 0 Å². The number of nitrogens with zero attached hydrogens (tertiary/aromatic N) is 1. The fourth-order valence-corrected chi connectivity index (χ4v) is 5.06. The highest BCUT2D eigenvalue weighted by Crippen LogP contribution is 2.29. The van der Waals surface area contributed by atoms with Crippen molar-refractivity contribution in [2.45, 2.75) is 51.0 Å². The van der Waals surface area contributed by atoms with Crippen molar-refractivity contribution in [3.63, 3.8) is 0 Å². The fourth-order valence-electron chi connectivity index (χ4n) is 3.00. The Labute approximate surface area is 181 Å². The second-order valence-corrected chi connectivity index (χ2v) is 10.1. The lowest BCUT2D eigenvalue weighted by Crippen LogP contribution is -2.44. The van der Waals surface area contributed by atoms with Crippen molar-refractivity contribution < 1.29 is 22.7 Å². The van der Waals surface area contributed by atoms with Crippen LogP contribution in [0.3, 0.4) is 0 Å². The highest BCUT2D eigenvalue weighted by atomic mass is 35.5. The zero-order chi connectivity index (χ0) is 21.8. The van der Waals surface area contributed by atoms with Crippen LogP contribution in [0.2, 0.25) is 10.0 Å². The number of ether oxygens (including phenoxy) is 1. The zero-order valence-corrected chi connectivity index (χ0v) is 19.0. The van der Waals surface area contributed by atoms with E-state index in [1.54, 1.807) is 4.90 Å². The van der Waals surface area contributed by atoms with E-state index in [0.29, 0.717) is 6.54 Å². The number of hydrogen-bond donors (Lipinski definition) is 1. The van der Waals surface area contributed by atoms with Crippen molar-refractivity contribution in [1.29, 1.82) is 0 Å². The van der Waals surface area contributed by atoms with Gasteiger partial charge in [0.05, 0.1) is 15.6 Å². The number of carbonyl (C=O) groups is 2. The summed E-state index contributed by atoms with van der Waals surface area (Å²) in [6, 6.07) is 2.35. The largest absolute Gasteiger partial charge is 0.452 e. The highest BCUT2D eigenvalue weighted by molar-refractivity contribution is 7.89. The molecule has 0 radical (unpaired) electrons. The van der Waals surface area contributed by atoms with Gasteiger partial charge in [-0.25, -0.2) is 17.9 Å².